The summed E-state index contributed by atoms with van der Waals surface area (Å²) in [6.07, 6.45) is -4.13. The number of rotatable bonds is 7. The number of hydrogen-bond donors (Lipinski definition) is 2. The Morgan fingerprint density at radius 3 is 2.23 bits per heavy atom. The molecule has 184 valence electrons. The third kappa shape index (κ3) is 5.45. The lowest BCUT2D eigenvalue weighted by Crippen LogP contribution is -2.19. The number of amides is 2. The summed E-state index contributed by atoms with van der Waals surface area (Å²) in [6, 6.07) is 4.88. The minimum absolute atomic E-state index is 0.0114. The van der Waals surface area contributed by atoms with Crippen molar-refractivity contribution in [3.05, 3.63) is 76.9 Å². The summed E-state index contributed by atoms with van der Waals surface area (Å²) < 4.78 is 93.3. The first-order valence-electron chi connectivity index (χ1n) is 9.69. The number of alkyl halides is 3. The molecule has 0 bridgehead atoms. The molecule has 3 N–H and O–H groups in total. The quantitative estimate of drug-likeness (QED) is 0.443. The monoisotopic (exact) mass is 499 g/mol. The Morgan fingerprint density at radius 1 is 0.971 bits per heavy atom. The van der Waals surface area contributed by atoms with Crippen molar-refractivity contribution in [2.45, 2.75) is 13.1 Å². The Labute approximate surface area is 193 Å². The van der Waals surface area contributed by atoms with Gasteiger partial charge in [-0.25, -0.2) is 4.39 Å². The van der Waals surface area contributed by atoms with Gasteiger partial charge in [0, 0.05) is 11.9 Å². The molecular weight excluding hydrogens is 484 g/mol. The molecule has 35 heavy (non-hydrogen) atoms. The smallest absolute Gasteiger partial charge is 0.419 e. The Kier molecular flexibility index (Phi) is 7.17. The van der Waals surface area contributed by atoms with E-state index in [-0.39, 0.29) is 24.1 Å². The van der Waals surface area contributed by atoms with E-state index in [0.717, 1.165) is 30.5 Å². The van der Waals surface area contributed by atoms with Gasteiger partial charge in [0.05, 0.1) is 12.2 Å². The average molecular weight is 499 g/mol. The Bertz CT molecular complexity index is 1300. The molecule has 1 heterocycles. The number of halogens is 6. The number of carbonyl (C=O) groups excluding carboxylic acids is 2. The summed E-state index contributed by atoms with van der Waals surface area (Å²) >= 11 is 0. The highest BCUT2D eigenvalue weighted by Crippen LogP contribution is 2.38. The fraction of sp³-hybridized carbons (Fsp3) is 0.136. The first kappa shape index (κ1) is 25.3. The largest absolute Gasteiger partial charge is 0.491 e. The normalized spacial score (nSPS) is 11.2. The molecule has 0 atom stereocenters. The van der Waals surface area contributed by atoms with Gasteiger partial charge in [-0.3, -0.25) is 14.6 Å². The van der Waals surface area contributed by atoms with Crippen molar-refractivity contribution in [2.75, 3.05) is 11.9 Å². The lowest BCUT2D eigenvalue weighted by Gasteiger charge is -2.17. The highest BCUT2D eigenvalue weighted by Gasteiger charge is 2.37. The number of primary amides is 1. The minimum Gasteiger partial charge on any atom is -0.491 e. The summed E-state index contributed by atoms with van der Waals surface area (Å²) in [4.78, 5) is 27.7. The number of nitrogens with zero attached hydrogens (tertiary/aromatic N) is 1. The summed E-state index contributed by atoms with van der Waals surface area (Å²) in [7, 11) is 0. The van der Waals surface area contributed by atoms with Crippen LogP contribution in [0, 0.1) is 17.5 Å². The van der Waals surface area contributed by atoms with Gasteiger partial charge in [-0.05, 0) is 43.3 Å². The third-order valence-corrected chi connectivity index (χ3v) is 4.44. The fourth-order valence-corrected chi connectivity index (χ4v) is 2.89. The number of nitrogens with two attached hydrogens (primary N) is 1. The van der Waals surface area contributed by atoms with Crippen molar-refractivity contribution in [3.8, 4) is 17.2 Å². The molecule has 0 unspecified atom stereocenters. The van der Waals surface area contributed by atoms with Gasteiger partial charge in [0.2, 0.25) is 11.6 Å². The highest BCUT2D eigenvalue weighted by atomic mass is 19.4. The van der Waals surface area contributed by atoms with E-state index in [0.29, 0.717) is 6.07 Å². The van der Waals surface area contributed by atoms with Gasteiger partial charge < -0.3 is 20.5 Å². The first-order chi connectivity index (χ1) is 16.4. The van der Waals surface area contributed by atoms with E-state index in [1.54, 1.807) is 0 Å². The maximum atomic E-state index is 14.9. The van der Waals surface area contributed by atoms with E-state index in [1.807, 2.05) is 0 Å². The van der Waals surface area contributed by atoms with Crippen LogP contribution in [-0.2, 0) is 6.18 Å². The van der Waals surface area contributed by atoms with Crippen molar-refractivity contribution < 1.29 is 45.4 Å². The van der Waals surface area contributed by atoms with Crippen LogP contribution in [0.15, 0.2) is 42.6 Å². The van der Waals surface area contributed by atoms with Gasteiger partial charge in [-0.2, -0.15) is 22.0 Å². The Morgan fingerprint density at radius 2 is 1.60 bits per heavy atom. The van der Waals surface area contributed by atoms with Crippen molar-refractivity contribution in [1.29, 1.82) is 0 Å². The number of hydrogen-bond acceptors (Lipinski definition) is 5. The van der Waals surface area contributed by atoms with Crippen LogP contribution >= 0.6 is 0 Å². The minimum atomic E-state index is -5.19. The average Bonchev–Trinajstić information content (AvgIpc) is 2.78. The van der Waals surface area contributed by atoms with Crippen LogP contribution in [0.1, 0.15) is 33.3 Å². The summed E-state index contributed by atoms with van der Waals surface area (Å²) in [6.45, 7) is 1.53. The van der Waals surface area contributed by atoms with Gasteiger partial charge in [-0.1, -0.05) is 0 Å². The highest BCUT2D eigenvalue weighted by molar-refractivity contribution is 6.07. The molecule has 0 radical (unpaired) electrons. The standard InChI is InChI=1S/C22H15F6N3O4/c1-2-34-14-5-6-15(19(25)18(14)24)35-13-4-3-11(22(26,27)28)17(23)16(13)21(33)31-10-7-8-30-12(9-10)20(29)32/h3-9H,2H2,1H3,(H2,29,32)(H,30,31,33). The van der Waals surface area contributed by atoms with Crippen molar-refractivity contribution in [3.63, 3.8) is 0 Å². The van der Waals surface area contributed by atoms with Crippen LogP contribution < -0.4 is 20.5 Å². The molecule has 0 spiro atoms. The zero-order chi connectivity index (χ0) is 25.9. The van der Waals surface area contributed by atoms with Gasteiger partial charge in [0.25, 0.3) is 11.8 Å². The number of ether oxygens (including phenoxy) is 2. The lowest BCUT2D eigenvalue weighted by atomic mass is 10.1. The van der Waals surface area contributed by atoms with Crippen molar-refractivity contribution in [2.24, 2.45) is 5.73 Å². The number of anilines is 1. The zero-order valence-electron chi connectivity index (χ0n) is 17.7. The van der Waals surface area contributed by atoms with Crippen LogP contribution in [-0.4, -0.2) is 23.4 Å². The number of aromatic nitrogens is 1. The molecule has 0 aliphatic carbocycles. The molecule has 13 heteroatoms. The van der Waals surface area contributed by atoms with E-state index in [1.165, 1.54) is 6.92 Å². The lowest BCUT2D eigenvalue weighted by molar-refractivity contribution is -0.140. The topological polar surface area (TPSA) is 104 Å². The summed E-state index contributed by atoms with van der Waals surface area (Å²) in [5.74, 6) is -9.64. The molecule has 3 rings (SSSR count). The predicted molar refractivity (Wildman–Crippen MR) is 110 cm³/mol. The van der Waals surface area contributed by atoms with E-state index in [4.69, 9.17) is 15.2 Å². The third-order valence-electron chi connectivity index (χ3n) is 4.44. The van der Waals surface area contributed by atoms with E-state index in [2.05, 4.69) is 10.3 Å². The SMILES string of the molecule is CCOc1ccc(Oc2ccc(C(F)(F)F)c(F)c2C(=O)Nc2ccnc(C(N)=O)c2)c(F)c1F. The Hall–Kier alpha value is -4.29. The second-order valence-corrected chi connectivity index (χ2v) is 6.77. The van der Waals surface area contributed by atoms with Gasteiger partial charge in [0.1, 0.15) is 17.0 Å². The van der Waals surface area contributed by atoms with Gasteiger partial charge in [-0.15, -0.1) is 0 Å². The first-order valence-corrected chi connectivity index (χ1v) is 9.69. The summed E-state index contributed by atoms with van der Waals surface area (Å²) in [5, 5.41) is 2.09. The van der Waals surface area contributed by atoms with E-state index >= 15 is 0 Å². The van der Waals surface area contributed by atoms with Crippen molar-refractivity contribution >= 4 is 17.5 Å². The second-order valence-electron chi connectivity index (χ2n) is 6.77. The maximum absolute atomic E-state index is 14.9. The molecule has 0 saturated carbocycles. The fourth-order valence-electron chi connectivity index (χ4n) is 2.89. The molecule has 0 saturated heterocycles. The van der Waals surface area contributed by atoms with Crippen LogP contribution in [0.2, 0.25) is 0 Å². The zero-order valence-corrected chi connectivity index (χ0v) is 17.7. The van der Waals surface area contributed by atoms with E-state index in [9.17, 15) is 35.9 Å². The van der Waals surface area contributed by atoms with E-state index < -0.39 is 63.8 Å². The van der Waals surface area contributed by atoms with Crippen LogP contribution in [0.3, 0.4) is 0 Å². The summed E-state index contributed by atoms with van der Waals surface area (Å²) in [5.41, 5.74) is 1.56. The maximum Gasteiger partial charge on any atom is 0.419 e. The molecule has 0 aliphatic rings. The molecule has 0 fully saturated rings. The van der Waals surface area contributed by atoms with Crippen LogP contribution in [0.5, 0.6) is 17.2 Å². The van der Waals surface area contributed by atoms with Crippen LogP contribution in [0.4, 0.5) is 32.0 Å². The van der Waals surface area contributed by atoms with Gasteiger partial charge in [0.15, 0.2) is 17.3 Å². The molecule has 7 nitrogen and oxygen atoms in total. The number of benzene rings is 2. The second kappa shape index (κ2) is 9.91. The molecule has 0 aliphatic heterocycles. The number of pyridine rings is 1. The number of nitrogens with one attached hydrogen (secondary N) is 1. The predicted octanol–water partition coefficient (Wildman–Crippen LogP) is 5.06. The molecule has 2 aromatic carbocycles. The number of carbonyl (C=O) groups is 2. The molecular formula is C22H15F6N3O4. The molecule has 3 aromatic rings. The van der Waals surface area contributed by atoms with Gasteiger partial charge >= 0.3 is 6.18 Å². The Balaban J connectivity index is 2.07. The molecule has 1 aromatic heterocycles. The molecule has 2 amide bonds. The van der Waals surface area contributed by atoms with Crippen LogP contribution in [0.25, 0.3) is 0 Å². The van der Waals surface area contributed by atoms with Crippen molar-refractivity contribution in [1.82, 2.24) is 4.98 Å².